The fourth-order valence-corrected chi connectivity index (χ4v) is 2.66. The van der Waals surface area contributed by atoms with E-state index in [0.29, 0.717) is 5.69 Å². The second-order valence-electron chi connectivity index (χ2n) is 4.32. The van der Waals surface area contributed by atoms with Crippen LogP contribution in [0.2, 0.25) is 0 Å². The fourth-order valence-electron chi connectivity index (χ4n) is 1.98. The van der Waals surface area contributed by atoms with Crippen LogP contribution < -0.4 is 10.0 Å². The topological polar surface area (TPSA) is 77.5 Å². The molecule has 0 aliphatic heterocycles. The van der Waals surface area contributed by atoms with E-state index in [1.807, 2.05) is 0 Å². The Morgan fingerprint density at radius 2 is 1.71 bits per heavy atom. The maximum atomic E-state index is 13.0. The van der Waals surface area contributed by atoms with E-state index in [1.54, 1.807) is 30.3 Å². The molecule has 0 heterocycles. The molecule has 1 amide bonds. The van der Waals surface area contributed by atoms with E-state index in [-0.39, 0.29) is 11.3 Å². The molecule has 0 saturated heterocycles. The molecule has 0 fully saturated rings. The lowest BCUT2D eigenvalue weighted by atomic mass is 10.2. The van der Waals surface area contributed by atoms with E-state index in [2.05, 4.69) is 0 Å². The quantitative estimate of drug-likeness (QED) is 0.814. The number of carbonyl (C=O) groups excluding carboxylic acids is 1. The zero-order chi connectivity index (χ0) is 15.6. The summed E-state index contributed by atoms with van der Waals surface area (Å²) in [7, 11) is -4.84. The van der Waals surface area contributed by atoms with Gasteiger partial charge < -0.3 is 9.90 Å². The van der Waals surface area contributed by atoms with Gasteiger partial charge in [-0.3, -0.25) is 4.90 Å². The molecule has 0 aromatic heterocycles. The summed E-state index contributed by atoms with van der Waals surface area (Å²) < 4.78 is 34.9. The van der Waals surface area contributed by atoms with Crippen molar-refractivity contribution in [3.63, 3.8) is 0 Å². The SMILES string of the molecule is Cc1cc(N(C(=O)[O-])c2ccccc2)ccc1S(=O)(=O)F. The van der Waals surface area contributed by atoms with Gasteiger partial charge in [0.25, 0.3) is 0 Å². The first-order valence-corrected chi connectivity index (χ1v) is 7.30. The van der Waals surface area contributed by atoms with Crippen LogP contribution in [0.15, 0.2) is 53.4 Å². The first-order valence-electron chi connectivity index (χ1n) is 5.92. The molecule has 2 rings (SSSR count). The van der Waals surface area contributed by atoms with Crippen molar-refractivity contribution in [1.82, 2.24) is 0 Å². The van der Waals surface area contributed by atoms with Crippen molar-refractivity contribution in [1.29, 1.82) is 0 Å². The lowest BCUT2D eigenvalue weighted by molar-refractivity contribution is -0.245. The van der Waals surface area contributed by atoms with E-state index < -0.39 is 21.2 Å². The van der Waals surface area contributed by atoms with E-state index in [1.165, 1.54) is 19.1 Å². The summed E-state index contributed by atoms with van der Waals surface area (Å²) in [6, 6.07) is 11.7. The lowest BCUT2D eigenvalue weighted by Crippen LogP contribution is -2.38. The van der Waals surface area contributed by atoms with Gasteiger partial charge >= 0.3 is 10.2 Å². The molecule has 0 radical (unpaired) electrons. The zero-order valence-electron chi connectivity index (χ0n) is 11.0. The van der Waals surface area contributed by atoms with Crippen LogP contribution in [0.25, 0.3) is 0 Å². The van der Waals surface area contributed by atoms with Crippen molar-refractivity contribution in [2.75, 3.05) is 4.90 Å². The third-order valence-electron chi connectivity index (χ3n) is 2.88. The number of aryl methyl sites for hydroxylation is 1. The molecule has 0 N–H and O–H groups in total. The third-order valence-corrected chi connectivity index (χ3v) is 3.86. The Morgan fingerprint density at radius 3 is 2.19 bits per heavy atom. The molecule has 0 atom stereocenters. The summed E-state index contributed by atoms with van der Waals surface area (Å²) in [5.74, 6) is 0. The van der Waals surface area contributed by atoms with Gasteiger partial charge in [0.15, 0.2) is 0 Å². The molecular formula is C14H11FNO4S-. The van der Waals surface area contributed by atoms with Crippen LogP contribution in [-0.4, -0.2) is 14.5 Å². The van der Waals surface area contributed by atoms with E-state index in [4.69, 9.17) is 0 Å². The van der Waals surface area contributed by atoms with Crippen molar-refractivity contribution in [2.45, 2.75) is 11.8 Å². The van der Waals surface area contributed by atoms with Crippen molar-refractivity contribution in [3.05, 3.63) is 54.1 Å². The first kappa shape index (κ1) is 15.0. The van der Waals surface area contributed by atoms with Crippen LogP contribution in [0.5, 0.6) is 0 Å². The maximum Gasteiger partial charge on any atom is 0.332 e. The molecular weight excluding hydrogens is 297 g/mol. The number of anilines is 2. The lowest BCUT2D eigenvalue weighted by Gasteiger charge is -2.25. The number of hydrogen-bond donors (Lipinski definition) is 0. The summed E-state index contributed by atoms with van der Waals surface area (Å²) >= 11 is 0. The van der Waals surface area contributed by atoms with Crippen LogP contribution in [-0.2, 0) is 10.2 Å². The van der Waals surface area contributed by atoms with Gasteiger partial charge in [-0.15, -0.1) is 3.89 Å². The average molecular weight is 308 g/mol. The first-order chi connectivity index (χ1) is 9.80. The molecule has 110 valence electrons. The molecule has 0 unspecified atom stereocenters. The average Bonchev–Trinajstić information content (AvgIpc) is 2.38. The number of carbonyl (C=O) groups is 1. The van der Waals surface area contributed by atoms with Crippen LogP contribution in [0.3, 0.4) is 0 Å². The molecule has 21 heavy (non-hydrogen) atoms. The summed E-state index contributed by atoms with van der Waals surface area (Å²) in [6.45, 7) is 1.38. The number of hydrogen-bond acceptors (Lipinski definition) is 4. The second kappa shape index (κ2) is 5.53. The third kappa shape index (κ3) is 3.19. The van der Waals surface area contributed by atoms with Crippen LogP contribution in [0.4, 0.5) is 20.1 Å². The molecule has 0 aliphatic carbocycles. The molecule has 5 nitrogen and oxygen atoms in total. The summed E-state index contributed by atoms with van der Waals surface area (Å²) in [6.07, 6.45) is -1.48. The molecule has 7 heteroatoms. The van der Waals surface area contributed by atoms with Gasteiger partial charge in [-0.1, -0.05) is 18.2 Å². The highest BCUT2D eigenvalue weighted by Gasteiger charge is 2.18. The highest BCUT2D eigenvalue weighted by Crippen LogP contribution is 2.28. The minimum atomic E-state index is -4.84. The van der Waals surface area contributed by atoms with Gasteiger partial charge in [0.05, 0.1) is 0 Å². The molecule has 2 aromatic carbocycles. The highest BCUT2D eigenvalue weighted by molar-refractivity contribution is 7.86. The predicted molar refractivity (Wildman–Crippen MR) is 73.4 cm³/mol. The normalized spacial score (nSPS) is 11.1. The van der Waals surface area contributed by atoms with E-state index in [9.17, 15) is 22.2 Å². The molecule has 0 saturated carbocycles. The number of nitrogens with zero attached hydrogens (tertiary/aromatic N) is 1. The Hall–Kier alpha value is -2.41. The Labute approximate surface area is 121 Å². The standard InChI is InChI=1S/C14H12FNO4S/c1-10-9-12(7-8-13(10)21(15,19)20)16(14(17)18)11-5-3-2-4-6-11/h2-9H,1H3,(H,17,18)/p-1. The molecule has 0 aliphatic rings. The predicted octanol–water partition coefficient (Wildman–Crippen LogP) is 2.13. The second-order valence-corrected chi connectivity index (χ2v) is 5.64. The number of halogens is 1. The van der Waals surface area contributed by atoms with Crippen molar-refractivity contribution in [3.8, 4) is 0 Å². The Bertz CT molecular complexity index is 775. The van der Waals surface area contributed by atoms with E-state index >= 15 is 0 Å². The molecule has 0 bridgehead atoms. The smallest absolute Gasteiger partial charge is 0.332 e. The monoisotopic (exact) mass is 308 g/mol. The summed E-state index contributed by atoms with van der Waals surface area (Å²) in [4.78, 5) is 11.7. The minimum Gasteiger partial charge on any atom is -0.529 e. The minimum absolute atomic E-state index is 0.109. The Balaban J connectivity index is 2.54. The largest absolute Gasteiger partial charge is 0.529 e. The Kier molecular flexibility index (Phi) is 3.95. The number of amides is 1. The number of para-hydroxylation sites is 1. The van der Waals surface area contributed by atoms with Gasteiger partial charge in [-0.2, -0.15) is 8.42 Å². The van der Waals surface area contributed by atoms with Crippen molar-refractivity contribution >= 4 is 27.7 Å². The highest BCUT2D eigenvalue weighted by atomic mass is 32.3. The van der Waals surface area contributed by atoms with Crippen LogP contribution in [0.1, 0.15) is 5.56 Å². The van der Waals surface area contributed by atoms with Crippen LogP contribution in [0, 0.1) is 6.92 Å². The van der Waals surface area contributed by atoms with Gasteiger partial charge in [-0.05, 0) is 42.8 Å². The van der Waals surface area contributed by atoms with E-state index in [0.717, 1.165) is 11.0 Å². The van der Waals surface area contributed by atoms with Gasteiger partial charge in [0, 0.05) is 11.4 Å². The molecule has 2 aromatic rings. The number of benzene rings is 2. The zero-order valence-corrected chi connectivity index (χ0v) is 11.8. The summed E-state index contributed by atoms with van der Waals surface area (Å²) in [5, 5.41) is 11.3. The molecule has 0 spiro atoms. The Morgan fingerprint density at radius 1 is 1.10 bits per heavy atom. The van der Waals surface area contributed by atoms with Crippen molar-refractivity contribution in [2.24, 2.45) is 0 Å². The maximum absolute atomic E-state index is 13.0. The van der Waals surface area contributed by atoms with Gasteiger partial charge in [0.2, 0.25) is 0 Å². The van der Waals surface area contributed by atoms with Gasteiger partial charge in [-0.25, -0.2) is 0 Å². The van der Waals surface area contributed by atoms with Crippen molar-refractivity contribution < 1.29 is 22.2 Å². The summed E-state index contributed by atoms with van der Waals surface area (Å²) in [5.41, 5.74) is 0.621. The number of rotatable bonds is 3. The van der Waals surface area contributed by atoms with Gasteiger partial charge in [0.1, 0.15) is 11.0 Å². The van der Waals surface area contributed by atoms with Crippen LogP contribution >= 0.6 is 0 Å². The number of carboxylic acid groups (broad SMARTS) is 1. The fraction of sp³-hybridized carbons (Fsp3) is 0.0714.